The highest BCUT2D eigenvalue weighted by Gasteiger charge is 2.18. The number of ether oxygens (including phenoxy) is 1. The van der Waals surface area contributed by atoms with Gasteiger partial charge in [-0.25, -0.2) is 0 Å². The molecule has 0 spiro atoms. The number of nitrogens with one attached hydrogen (secondary N) is 1. The molecule has 2 unspecified atom stereocenters. The van der Waals surface area contributed by atoms with Crippen LogP contribution in [0.25, 0.3) is 0 Å². The molecule has 0 fully saturated rings. The van der Waals surface area contributed by atoms with E-state index in [0.29, 0.717) is 19.4 Å². The number of rotatable bonds is 69. The van der Waals surface area contributed by atoms with Crippen LogP contribution < -0.4 is 5.32 Å². The number of aliphatic hydroxyl groups excluding tert-OH is 2. The van der Waals surface area contributed by atoms with E-state index in [0.717, 1.165) is 44.9 Å². The van der Waals surface area contributed by atoms with E-state index in [1.807, 2.05) is 6.08 Å². The predicted molar refractivity (Wildman–Crippen MR) is 356 cm³/mol. The smallest absolute Gasteiger partial charge is 0.305 e. The number of amides is 1. The third-order valence-corrected chi connectivity index (χ3v) is 17.2. The van der Waals surface area contributed by atoms with Gasteiger partial charge in [-0.3, -0.25) is 9.59 Å². The van der Waals surface area contributed by atoms with Crippen molar-refractivity contribution < 1.29 is 24.5 Å². The highest BCUT2D eigenvalue weighted by molar-refractivity contribution is 5.76. The van der Waals surface area contributed by atoms with Crippen LogP contribution in [0.4, 0.5) is 0 Å². The second kappa shape index (κ2) is 70.6. The molecular weight excluding hydrogens is 995 g/mol. The fourth-order valence-corrected chi connectivity index (χ4v) is 11.6. The van der Waals surface area contributed by atoms with Gasteiger partial charge in [-0.05, 0) is 64.2 Å². The number of carbonyl (C=O) groups is 2. The summed E-state index contributed by atoms with van der Waals surface area (Å²) in [4.78, 5) is 24.6. The lowest BCUT2D eigenvalue weighted by molar-refractivity contribution is -0.143. The normalized spacial score (nSPS) is 12.7. The molecular formula is C75H143NO5. The molecule has 0 radical (unpaired) electrons. The Hall–Kier alpha value is -1.92. The van der Waals surface area contributed by atoms with Crippen molar-refractivity contribution in [2.45, 2.75) is 418 Å². The van der Waals surface area contributed by atoms with Crippen molar-refractivity contribution in [1.82, 2.24) is 5.32 Å². The van der Waals surface area contributed by atoms with Gasteiger partial charge in [-0.1, -0.05) is 365 Å². The SMILES string of the molecule is CCCCCCCCCCCCCCCCCC/C=C/C(O)C(CO)NC(=O)CCCCCCCCCCCCCCCCC/C=C\C/C=C\CCCCCCCCCCCOC(=O)CCCCCCCCCCCCCCCCC. The van der Waals surface area contributed by atoms with Crippen molar-refractivity contribution >= 4 is 11.9 Å². The van der Waals surface area contributed by atoms with Gasteiger partial charge in [0.1, 0.15) is 0 Å². The zero-order chi connectivity index (χ0) is 58.5. The Morgan fingerprint density at radius 2 is 0.617 bits per heavy atom. The number of esters is 1. The predicted octanol–water partition coefficient (Wildman–Crippen LogP) is 23.9. The third kappa shape index (κ3) is 67.1. The molecule has 0 aromatic carbocycles. The van der Waals surface area contributed by atoms with E-state index in [1.165, 1.54) is 334 Å². The highest BCUT2D eigenvalue weighted by atomic mass is 16.5. The Morgan fingerprint density at radius 3 is 0.938 bits per heavy atom. The fourth-order valence-electron chi connectivity index (χ4n) is 11.6. The Bertz CT molecular complexity index is 1310. The second-order valence-electron chi connectivity index (χ2n) is 25.3. The molecule has 81 heavy (non-hydrogen) atoms. The maximum absolute atomic E-state index is 12.5. The molecule has 0 aliphatic heterocycles. The molecule has 0 aliphatic rings. The Kier molecular flexibility index (Phi) is 68.9. The minimum atomic E-state index is -0.845. The van der Waals surface area contributed by atoms with Gasteiger partial charge >= 0.3 is 5.97 Å². The van der Waals surface area contributed by atoms with Gasteiger partial charge in [0.2, 0.25) is 5.91 Å². The monoisotopic (exact) mass is 1140 g/mol. The summed E-state index contributed by atoms with van der Waals surface area (Å²) >= 11 is 0. The highest BCUT2D eigenvalue weighted by Crippen LogP contribution is 2.19. The van der Waals surface area contributed by atoms with Crippen molar-refractivity contribution in [2.75, 3.05) is 13.2 Å². The van der Waals surface area contributed by atoms with E-state index >= 15 is 0 Å². The Labute approximate surface area is 506 Å². The molecule has 1 amide bonds. The average Bonchev–Trinajstić information content (AvgIpc) is 3.47. The lowest BCUT2D eigenvalue weighted by atomic mass is 10.0. The van der Waals surface area contributed by atoms with Gasteiger partial charge in [0.25, 0.3) is 0 Å². The lowest BCUT2D eigenvalue weighted by Gasteiger charge is -2.20. The first-order chi connectivity index (χ1) is 40.0. The van der Waals surface area contributed by atoms with Crippen LogP contribution >= 0.6 is 0 Å². The van der Waals surface area contributed by atoms with E-state index in [2.05, 4.69) is 43.5 Å². The first kappa shape index (κ1) is 79.1. The van der Waals surface area contributed by atoms with Crippen molar-refractivity contribution in [3.8, 4) is 0 Å². The van der Waals surface area contributed by atoms with E-state index in [1.54, 1.807) is 6.08 Å². The van der Waals surface area contributed by atoms with Crippen LogP contribution in [0.2, 0.25) is 0 Å². The summed E-state index contributed by atoms with van der Waals surface area (Å²) in [5.74, 6) is -0.0478. The van der Waals surface area contributed by atoms with Gasteiger partial charge in [0.05, 0.1) is 25.4 Å². The van der Waals surface area contributed by atoms with E-state index in [4.69, 9.17) is 4.74 Å². The van der Waals surface area contributed by atoms with Crippen LogP contribution in [0.1, 0.15) is 406 Å². The Morgan fingerprint density at radius 1 is 0.346 bits per heavy atom. The number of hydrogen-bond acceptors (Lipinski definition) is 5. The lowest BCUT2D eigenvalue weighted by Crippen LogP contribution is -2.45. The standard InChI is InChI=1S/C75H143NO5/c1-3-5-7-9-11-13-15-17-19-20-36-40-43-47-51-55-59-63-67-73(78)72(71-77)76-74(79)68-64-60-56-52-48-44-41-37-34-32-30-28-26-24-22-21-23-25-27-29-31-33-35-38-42-46-50-54-58-62-66-70-81-75(80)69-65-61-57-53-49-45-39-18-16-14-12-10-8-6-4-2/h23,25,29,31,63,67,72-73,77-78H,3-22,24,26-28,30,32-62,64-66,68-71H2,1-2H3,(H,76,79)/b25-23-,31-29-,67-63+. The van der Waals surface area contributed by atoms with Crippen LogP contribution in [-0.4, -0.2) is 47.4 Å². The molecule has 6 nitrogen and oxygen atoms in total. The van der Waals surface area contributed by atoms with Crippen LogP contribution in [0.5, 0.6) is 0 Å². The minimum absolute atomic E-state index is 0.0163. The summed E-state index contributed by atoms with van der Waals surface area (Å²) in [5.41, 5.74) is 0. The molecule has 0 bridgehead atoms. The zero-order valence-corrected chi connectivity index (χ0v) is 54.8. The van der Waals surface area contributed by atoms with Gasteiger partial charge in [-0.2, -0.15) is 0 Å². The molecule has 0 saturated carbocycles. The third-order valence-electron chi connectivity index (χ3n) is 17.2. The maximum Gasteiger partial charge on any atom is 0.305 e. The van der Waals surface area contributed by atoms with Crippen molar-refractivity contribution in [3.63, 3.8) is 0 Å². The average molecular weight is 1140 g/mol. The topological polar surface area (TPSA) is 95.9 Å². The minimum Gasteiger partial charge on any atom is -0.466 e. The molecule has 478 valence electrons. The van der Waals surface area contributed by atoms with Crippen molar-refractivity contribution in [3.05, 3.63) is 36.5 Å². The molecule has 0 rings (SSSR count). The molecule has 6 heteroatoms. The number of aliphatic hydroxyl groups is 2. The maximum atomic E-state index is 12.5. The summed E-state index contributed by atoms with van der Waals surface area (Å²) in [5, 5.41) is 23.2. The van der Waals surface area contributed by atoms with Gasteiger partial charge < -0.3 is 20.3 Å². The number of carbonyl (C=O) groups excluding carboxylic acids is 2. The summed E-state index contributed by atoms with van der Waals surface area (Å²) in [6.07, 6.45) is 90.9. The van der Waals surface area contributed by atoms with Crippen molar-refractivity contribution in [2.24, 2.45) is 0 Å². The van der Waals surface area contributed by atoms with E-state index < -0.39 is 12.1 Å². The van der Waals surface area contributed by atoms with Crippen LogP contribution in [0, 0.1) is 0 Å². The van der Waals surface area contributed by atoms with Crippen LogP contribution in [0.15, 0.2) is 36.5 Å². The summed E-state index contributed by atoms with van der Waals surface area (Å²) in [6, 6.07) is -0.628. The first-order valence-corrected chi connectivity index (χ1v) is 36.8. The molecule has 0 aromatic rings. The second-order valence-corrected chi connectivity index (χ2v) is 25.3. The summed E-state index contributed by atoms with van der Waals surface area (Å²) in [7, 11) is 0. The summed E-state index contributed by atoms with van der Waals surface area (Å²) in [6.45, 7) is 4.94. The van der Waals surface area contributed by atoms with Gasteiger partial charge in [0, 0.05) is 12.8 Å². The van der Waals surface area contributed by atoms with Crippen molar-refractivity contribution in [1.29, 1.82) is 0 Å². The van der Waals surface area contributed by atoms with Gasteiger partial charge in [0.15, 0.2) is 0 Å². The van der Waals surface area contributed by atoms with E-state index in [9.17, 15) is 19.8 Å². The molecule has 3 N–H and O–H groups in total. The summed E-state index contributed by atoms with van der Waals surface area (Å²) < 4.78 is 5.50. The Balaban J connectivity index is 3.40. The molecule has 0 saturated heterocycles. The molecule has 0 heterocycles. The molecule has 2 atom stereocenters. The van der Waals surface area contributed by atoms with Gasteiger partial charge in [-0.15, -0.1) is 0 Å². The van der Waals surface area contributed by atoms with Crippen LogP contribution in [0.3, 0.4) is 0 Å². The molecule has 0 aromatic heterocycles. The molecule has 0 aliphatic carbocycles. The number of unbranched alkanes of at least 4 members (excludes halogenated alkanes) is 54. The number of allylic oxidation sites excluding steroid dienone is 5. The fraction of sp³-hybridized carbons (Fsp3) is 0.893. The first-order valence-electron chi connectivity index (χ1n) is 36.8. The quantitative estimate of drug-likeness (QED) is 0.0320. The zero-order valence-electron chi connectivity index (χ0n) is 54.8. The number of hydrogen-bond donors (Lipinski definition) is 3. The van der Waals surface area contributed by atoms with E-state index in [-0.39, 0.29) is 18.5 Å². The van der Waals surface area contributed by atoms with Crippen LogP contribution in [-0.2, 0) is 14.3 Å². The largest absolute Gasteiger partial charge is 0.466 e.